The minimum absolute atomic E-state index is 0.115. The molecular weight excluding hydrogens is 449 g/mol. The van der Waals surface area contributed by atoms with Crippen LogP contribution >= 0.6 is 0 Å². The number of carbonyl (C=O) groups excluding carboxylic acids is 2. The maximum absolute atomic E-state index is 13.3. The van der Waals surface area contributed by atoms with Crippen molar-refractivity contribution in [2.75, 3.05) is 23.9 Å². The molecule has 0 saturated heterocycles. The Morgan fingerprint density at radius 2 is 1.94 bits per heavy atom. The van der Waals surface area contributed by atoms with Crippen LogP contribution in [0, 0.1) is 0 Å². The van der Waals surface area contributed by atoms with E-state index in [2.05, 4.69) is 5.32 Å². The van der Waals surface area contributed by atoms with E-state index in [0.717, 1.165) is 12.1 Å². The van der Waals surface area contributed by atoms with Crippen LogP contribution in [-0.2, 0) is 15.8 Å². The molecule has 2 aromatic carbocycles. The molecule has 2 aliphatic heterocycles. The Morgan fingerprint density at radius 3 is 2.62 bits per heavy atom. The average molecular weight is 474 g/mol. The van der Waals surface area contributed by atoms with Crippen molar-refractivity contribution in [3.8, 4) is 11.5 Å². The number of carbonyl (C=O) groups is 2. The number of nitrogens with zero attached hydrogens (tertiary/aromatic N) is 1. The van der Waals surface area contributed by atoms with Crippen molar-refractivity contribution in [1.29, 1.82) is 0 Å². The number of hydrogen-bond donors (Lipinski definition) is 1. The van der Waals surface area contributed by atoms with Crippen LogP contribution in [0.15, 0.2) is 42.5 Å². The zero-order chi connectivity index (χ0) is 24.7. The van der Waals surface area contributed by atoms with E-state index < -0.39 is 23.2 Å². The lowest BCUT2D eigenvalue weighted by molar-refractivity contribution is -0.137. The molecule has 2 heterocycles. The van der Waals surface area contributed by atoms with Crippen LogP contribution in [0.2, 0.25) is 0 Å². The summed E-state index contributed by atoms with van der Waals surface area (Å²) in [5, 5.41) is 2.78. The number of benzene rings is 2. The van der Waals surface area contributed by atoms with E-state index in [-0.39, 0.29) is 18.3 Å². The first kappa shape index (κ1) is 23.7. The quantitative estimate of drug-likeness (QED) is 0.601. The lowest BCUT2D eigenvalue weighted by atomic mass is 9.83. The van der Waals surface area contributed by atoms with Gasteiger partial charge in [0.1, 0.15) is 11.4 Å². The number of amides is 2. The zero-order valence-corrected chi connectivity index (χ0v) is 19.1. The highest BCUT2D eigenvalue weighted by atomic mass is 19.4. The van der Waals surface area contributed by atoms with Gasteiger partial charge in [0, 0.05) is 25.1 Å². The van der Waals surface area contributed by atoms with Crippen LogP contribution in [0.5, 0.6) is 11.5 Å². The van der Waals surface area contributed by atoms with Gasteiger partial charge in [-0.25, -0.2) is 0 Å². The number of ether oxygens (including phenoxy) is 2. The van der Waals surface area contributed by atoms with Crippen molar-refractivity contribution in [3.63, 3.8) is 0 Å². The minimum atomic E-state index is -4.50. The van der Waals surface area contributed by atoms with Gasteiger partial charge >= 0.3 is 6.18 Å². The van der Waals surface area contributed by atoms with Crippen LogP contribution < -0.4 is 19.7 Å². The number of nitrogens with one attached hydrogen (secondary N) is 1. The molecule has 0 aromatic heterocycles. The van der Waals surface area contributed by atoms with E-state index in [0.29, 0.717) is 47.5 Å². The molecule has 1 N–H and O–H groups in total. The molecule has 0 radical (unpaired) electrons. The standard InChI is InChI=1S/C25H25F3N2O4/c1-4-24(5-2)13-15(17-10-9-16(25(26,27)28)12-20(17)34-24)11-21(31)29-18-7-6-8-19-23(18)33-14-22(32)30(19)3/h6-12H,4-5,13-14H2,1-3H3,(H,29,31). The lowest BCUT2D eigenvalue weighted by Gasteiger charge is -2.39. The molecule has 0 aliphatic carbocycles. The summed E-state index contributed by atoms with van der Waals surface area (Å²) in [5.41, 5.74) is 0.474. The predicted octanol–water partition coefficient (Wildman–Crippen LogP) is 5.42. The molecule has 0 saturated carbocycles. The van der Waals surface area contributed by atoms with Gasteiger partial charge in [0.25, 0.3) is 5.91 Å². The molecule has 9 heteroatoms. The first-order chi connectivity index (χ1) is 16.1. The summed E-state index contributed by atoms with van der Waals surface area (Å²) < 4.78 is 51.4. The third-order valence-corrected chi connectivity index (χ3v) is 6.42. The summed E-state index contributed by atoms with van der Waals surface area (Å²) in [6, 6.07) is 8.41. The number of para-hydroxylation sites is 1. The molecule has 0 atom stereocenters. The Balaban J connectivity index is 1.69. The van der Waals surface area contributed by atoms with E-state index in [4.69, 9.17) is 9.47 Å². The van der Waals surface area contributed by atoms with Crippen LogP contribution in [0.3, 0.4) is 0 Å². The zero-order valence-electron chi connectivity index (χ0n) is 19.1. The van der Waals surface area contributed by atoms with Crippen LogP contribution in [0.1, 0.15) is 44.2 Å². The summed E-state index contributed by atoms with van der Waals surface area (Å²) in [6.07, 6.45) is -1.59. The molecule has 0 spiro atoms. The van der Waals surface area contributed by atoms with Gasteiger partial charge in [-0.3, -0.25) is 9.59 Å². The van der Waals surface area contributed by atoms with E-state index in [1.807, 2.05) is 13.8 Å². The second kappa shape index (κ2) is 8.70. The fourth-order valence-corrected chi connectivity index (χ4v) is 4.26. The topological polar surface area (TPSA) is 67.9 Å². The molecule has 4 rings (SSSR count). The first-order valence-electron chi connectivity index (χ1n) is 11.0. The number of likely N-dealkylation sites (N-methyl/N-ethyl adjacent to an activating group) is 1. The number of hydrogen-bond acceptors (Lipinski definition) is 4. The van der Waals surface area contributed by atoms with Crippen LogP contribution in [0.4, 0.5) is 24.5 Å². The molecule has 34 heavy (non-hydrogen) atoms. The van der Waals surface area contributed by atoms with Crippen molar-refractivity contribution < 1.29 is 32.2 Å². The van der Waals surface area contributed by atoms with Gasteiger partial charge < -0.3 is 19.7 Å². The summed E-state index contributed by atoms with van der Waals surface area (Å²) in [6.45, 7) is 3.68. The maximum Gasteiger partial charge on any atom is 0.416 e. The largest absolute Gasteiger partial charge is 0.486 e. The Hall–Kier alpha value is -3.49. The van der Waals surface area contributed by atoms with Gasteiger partial charge in [0.2, 0.25) is 5.91 Å². The third-order valence-electron chi connectivity index (χ3n) is 6.42. The highest BCUT2D eigenvalue weighted by Gasteiger charge is 2.38. The summed E-state index contributed by atoms with van der Waals surface area (Å²) in [4.78, 5) is 26.3. The first-order valence-corrected chi connectivity index (χ1v) is 11.0. The Kier molecular flexibility index (Phi) is 6.05. The predicted molar refractivity (Wildman–Crippen MR) is 122 cm³/mol. The molecule has 0 unspecified atom stereocenters. The minimum Gasteiger partial charge on any atom is -0.486 e. The van der Waals surface area contributed by atoms with Crippen molar-refractivity contribution in [1.82, 2.24) is 0 Å². The van der Waals surface area contributed by atoms with Crippen molar-refractivity contribution >= 4 is 28.8 Å². The van der Waals surface area contributed by atoms with Crippen LogP contribution in [-0.4, -0.2) is 31.1 Å². The number of fused-ring (bicyclic) bond motifs is 2. The van der Waals surface area contributed by atoms with Gasteiger partial charge in [-0.05, 0) is 42.7 Å². The van der Waals surface area contributed by atoms with Gasteiger partial charge in [-0.2, -0.15) is 13.2 Å². The second-order valence-electron chi connectivity index (χ2n) is 8.43. The highest BCUT2D eigenvalue weighted by Crippen LogP contribution is 2.45. The summed E-state index contributed by atoms with van der Waals surface area (Å²) in [7, 11) is 1.63. The molecule has 0 bridgehead atoms. The maximum atomic E-state index is 13.3. The second-order valence-corrected chi connectivity index (χ2v) is 8.43. The van der Waals surface area contributed by atoms with E-state index in [9.17, 15) is 22.8 Å². The molecule has 6 nitrogen and oxygen atoms in total. The Bertz CT molecular complexity index is 1170. The van der Waals surface area contributed by atoms with E-state index in [1.165, 1.54) is 17.0 Å². The third kappa shape index (κ3) is 4.34. The lowest BCUT2D eigenvalue weighted by Crippen LogP contribution is -2.38. The van der Waals surface area contributed by atoms with Gasteiger partial charge in [-0.15, -0.1) is 0 Å². The fraction of sp³-hybridized carbons (Fsp3) is 0.360. The highest BCUT2D eigenvalue weighted by molar-refractivity contribution is 6.07. The van der Waals surface area contributed by atoms with Crippen molar-refractivity contribution in [2.45, 2.75) is 44.9 Å². The molecule has 2 aromatic rings. The van der Waals surface area contributed by atoms with Gasteiger partial charge in [0.15, 0.2) is 12.4 Å². The summed E-state index contributed by atoms with van der Waals surface area (Å²) >= 11 is 0. The Labute approximate surface area is 195 Å². The van der Waals surface area contributed by atoms with Crippen molar-refractivity contribution in [3.05, 3.63) is 53.6 Å². The van der Waals surface area contributed by atoms with Crippen LogP contribution in [0.25, 0.3) is 5.57 Å². The van der Waals surface area contributed by atoms with Gasteiger partial charge in [0.05, 0.1) is 16.9 Å². The van der Waals surface area contributed by atoms with Crippen molar-refractivity contribution in [2.24, 2.45) is 0 Å². The Morgan fingerprint density at radius 1 is 1.21 bits per heavy atom. The number of alkyl halides is 3. The number of anilines is 2. The van der Waals surface area contributed by atoms with E-state index in [1.54, 1.807) is 25.2 Å². The average Bonchev–Trinajstić information content (AvgIpc) is 2.80. The molecule has 180 valence electrons. The molecular formula is C25H25F3N2O4. The van der Waals surface area contributed by atoms with Gasteiger partial charge in [-0.1, -0.05) is 26.0 Å². The number of halogens is 3. The molecule has 2 amide bonds. The normalized spacial score (nSPS) is 18.0. The summed E-state index contributed by atoms with van der Waals surface area (Å²) in [5.74, 6) is -0.162. The smallest absolute Gasteiger partial charge is 0.416 e. The fourth-order valence-electron chi connectivity index (χ4n) is 4.26. The van der Waals surface area contributed by atoms with E-state index >= 15 is 0 Å². The molecule has 2 aliphatic rings. The SMILES string of the molecule is CCC1(CC)CC(=CC(=O)Nc2cccc3c2OCC(=O)N3C)c2ccc(C(F)(F)F)cc2O1. The number of rotatable bonds is 4. The molecule has 0 fully saturated rings. The monoisotopic (exact) mass is 474 g/mol.